The Kier molecular flexibility index (Phi) is 4.74. The Labute approximate surface area is 112 Å². The molecular formula is C13H21N3OS. The van der Waals surface area contributed by atoms with Gasteiger partial charge in [-0.3, -0.25) is 4.79 Å². The van der Waals surface area contributed by atoms with Gasteiger partial charge in [0.1, 0.15) is 0 Å². The topological polar surface area (TPSA) is 49.6 Å². The maximum atomic E-state index is 11.0. The molecule has 1 aliphatic heterocycles. The molecule has 1 amide bonds. The van der Waals surface area contributed by atoms with Crippen molar-refractivity contribution in [1.82, 2.24) is 9.80 Å². The number of aryl methyl sites for hydroxylation is 1. The summed E-state index contributed by atoms with van der Waals surface area (Å²) in [6.45, 7) is 5.84. The number of nitrogens with zero attached hydrogens (tertiary/aromatic N) is 2. The minimum Gasteiger partial charge on any atom is -0.365 e. The summed E-state index contributed by atoms with van der Waals surface area (Å²) in [5.74, 6) is -0.315. The zero-order chi connectivity index (χ0) is 13.0. The number of thiophene rings is 1. The molecule has 1 saturated heterocycles. The molecule has 1 aliphatic rings. The number of primary amides is 1. The van der Waals surface area contributed by atoms with Crippen molar-refractivity contribution in [1.29, 1.82) is 0 Å². The van der Waals surface area contributed by atoms with E-state index in [2.05, 4.69) is 16.8 Å². The molecule has 1 fully saturated rings. The molecule has 0 radical (unpaired) electrons. The third-order valence-electron chi connectivity index (χ3n) is 3.40. The van der Waals surface area contributed by atoms with Gasteiger partial charge in [-0.2, -0.15) is 0 Å². The molecule has 2 N–H and O–H groups in total. The van der Waals surface area contributed by atoms with Crippen molar-refractivity contribution in [2.24, 2.45) is 5.73 Å². The van der Waals surface area contributed by atoms with Gasteiger partial charge in [-0.25, -0.2) is 0 Å². The van der Waals surface area contributed by atoms with E-state index in [1.807, 2.05) is 12.1 Å². The van der Waals surface area contributed by atoms with Crippen molar-refractivity contribution in [3.8, 4) is 0 Å². The summed E-state index contributed by atoms with van der Waals surface area (Å²) in [6.07, 6.45) is 2.20. The highest BCUT2D eigenvalue weighted by molar-refractivity contribution is 7.14. The fourth-order valence-corrected chi connectivity index (χ4v) is 3.09. The van der Waals surface area contributed by atoms with E-state index in [4.69, 9.17) is 5.73 Å². The number of piperazine rings is 1. The van der Waals surface area contributed by atoms with Crippen molar-refractivity contribution in [3.05, 3.63) is 21.9 Å². The minimum atomic E-state index is -0.315. The lowest BCUT2D eigenvalue weighted by Gasteiger charge is -2.32. The van der Waals surface area contributed by atoms with E-state index in [1.165, 1.54) is 42.4 Å². The van der Waals surface area contributed by atoms with Crippen LogP contribution in [0.1, 0.15) is 21.0 Å². The maximum absolute atomic E-state index is 11.0. The van der Waals surface area contributed by atoms with Crippen molar-refractivity contribution in [2.75, 3.05) is 39.8 Å². The summed E-state index contributed by atoms with van der Waals surface area (Å²) >= 11 is 1.53. The molecule has 0 saturated carbocycles. The predicted molar refractivity (Wildman–Crippen MR) is 75.1 cm³/mol. The van der Waals surface area contributed by atoms with Crippen LogP contribution in [0.5, 0.6) is 0 Å². The van der Waals surface area contributed by atoms with Crippen molar-refractivity contribution in [3.63, 3.8) is 0 Å². The lowest BCUT2D eigenvalue weighted by Crippen LogP contribution is -2.44. The van der Waals surface area contributed by atoms with Crippen molar-refractivity contribution in [2.45, 2.75) is 12.8 Å². The molecule has 0 bridgehead atoms. The predicted octanol–water partition coefficient (Wildman–Crippen LogP) is 1.03. The molecule has 100 valence electrons. The number of carbonyl (C=O) groups is 1. The van der Waals surface area contributed by atoms with Gasteiger partial charge in [-0.05, 0) is 38.6 Å². The molecule has 4 nitrogen and oxygen atoms in total. The molecule has 0 aromatic carbocycles. The highest BCUT2D eigenvalue weighted by Gasteiger charge is 2.13. The molecule has 1 aromatic heterocycles. The van der Waals surface area contributed by atoms with Gasteiger partial charge in [0, 0.05) is 31.1 Å². The lowest BCUT2D eigenvalue weighted by molar-refractivity contribution is 0.100. The van der Waals surface area contributed by atoms with Crippen LogP contribution in [0.2, 0.25) is 0 Å². The van der Waals surface area contributed by atoms with Crippen LogP contribution < -0.4 is 5.73 Å². The fraction of sp³-hybridized carbons (Fsp3) is 0.615. The van der Waals surface area contributed by atoms with E-state index in [9.17, 15) is 4.79 Å². The zero-order valence-electron chi connectivity index (χ0n) is 10.9. The number of carbonyl (C=O) groups excluding carboxylic acids is 1. The van der Waals surface area contributed by atoms with Gasteiger partial charge in [-0.15, -0.1) is 11.3 Å². The average molecular weight is 267 g/mol. The largest absolute Gasteiger partial charge is 0.365 e. The fourth-order valence-electron chi connectivity index (χ4n) is 2.19. The smallest absolute Gasteiger partial charge is 0.258 e. The van der Waals surface area contributed by atoms with Crippen molar-refractivity contribution >= 4 is 17.2 Å². The van der Waals surface area contributed by atoms with Crippen LogP contribution in [0.3, 0.4) is 0 Å². The molecular weight excluding hydrogens is 246 g/mol. The quantitative estimate of drug-likeness (QED) is 0.867. The lowest BCUT2D eigenvalue weighted by atomic mass is 10.2. The molecule has 0 spiro atoms. The summed E-state index contributed by atoms with van der Waals surface area (Å²) in [6, 6.07) is 3.85. The molecule has 2 heterocycles. The van der Waals surface area contributed by atoms with E-state index < -0.39 is 0 Å². The minimum absolute atomic E-state index is 0.315. The van der Waals surface area contributed by atoms with E-state index in [-0.39, 0.29) is 5.91 Å². The third-order valence-corrected chi connectivity index (χ3v) is 4.56. The first-order chi connectivity index (χ1) is 8.65. The van der Waals surface area contributed by atoms with Gasteiger partial charge < -0.3 is 15.5 Å². The van der Waals surface area contributed by atoms with E-state index in [0.29, 0.717) is 4.88 Å². The van der Waals surface area contributed by atoms with Gasteiger partial charge in [0.05, 0.1) is 4.88 Å². The van der Waals surface area contributed by atoms with E-state index in [0.717, 1.165) is 19.4 Å². The van der Waals surface area contributed by atoms with Crippen LogP contribution >= 0.6 is 11.3 Å². The Hall–Kier alpha value is -0.910. The Balaban J connectivity index is 1.70. The second-order valence-corrected chi connectivity index (χ2v) is 6.05. The highest BCUT2D eigenvalue weighted by atomic mass is 32.1. The summed E-state index contributed by atoms with van der Waals surface area (Å²) in [7, 11) is 2.17. The summed E-state index contributed by atoms with van der Waals surface area (Å²) in [4.78, 5) is 17.8. The van der Waals surface area contributed by atoms with Crippen LogP contribution in [0.4, 0.5) is 0 Å². The number of nitrogens with two attached hydrogens (primary N) is 1. The van der Waals surface area contributed by atoms with Gasteiger partial charge >= 0.3 is 0 Å². The second kappa shape index (κ2) is 6.31. The van der Waals surface area contributed by atoms with E-state index in [1.54, 1.807) is 0 Å². The van der Waals surface area contributed by atoms with Crippen LogP contribution in [0, 0.1) is 0 Å². The van der Waals surface area contributed by atoms with Crippen LogP contribution in [-0.4, -0.2) is 55.5 Å². The molecule has 2 rings (SSSR count). The number of hydrogen-bond donors (Lipinski definition) is 1. The van der Waals surface area contributed by atoms with Gasteiger partial charge in [0.2, 0.25) is 0 Å². The normalized spacial score (nSPS) is 18.1. The van der Waals surface area contributed by atoms with Crippen LogP contribution in [0.15, 0.2) is 12.1 Å². The van der Waals surface area contributed by atoms with Gasteiger partial charge in [0.25, 0.3) is 5.91 Å². The number of likely N-dealkylation sites (N-methyl/N-ethyl adjacent to an activating group) is 1. The molecule has 0 atom stereocenters. The first kappa shape index (κ1) is 13.5. The summed E-state index contributed by atoms with van der Waals surface area (Å²) in [5.41, 5.74) is 5.24. The van der Waals surface area contributed by atoms with Crippen LogP contribution in [-0.2, 0) is 6.42 Å². The van der Waals surface area contributed by atoms with Crippen LogP contribution in [0.25, 0.3) is 0 Å². The first-order valence-electron chi connectivity index (χ1n) is 6.44. The summed E-state index contributed by atoms with van der Waals surface area (Å²) in [5, 5.41) is 0. The maximum Gasteiger partial charge on any atom is 0.258 e. The second-order valence-electron chi connectivity index (χ2n) is 4.88. The summed E-state index contributed by atoms with van der Waals surface area (Å²) < 4.78 is 0. The molecule has 0 aliphatic carbocycles. The molecule has 18 heavy (non-hydrogen) atoms. The van der Waals surface area contributed by atoms with E-state index >= 15 is 0 Å². The zero-order valence-corrected chi connectivity index (χ0v) is 11.7. The average Bonchev–Trinajstić information content (AvgIpc) is 2.81. The van der Waals surface area contributed by atoms with Gasteiger partial charge in [0.15, 0.2) is 0 Å². The third kappa shape index (κ3) is 3.80. The number of rotatable bonds is 5. The molecule has 5 heteroatoms. The number of hydrogen-bond acceptors (Lipinski definition) is 4. The van der Waals surface area contributed by atoms with Gasteiger partial charge in [-0.1, -0.05) is 0 Å². The molecule has 1 aromatic rings. The van der Waals surface area contributed by atoms with Crippen molar-refractivity contribution < 1.29 is 4.79 Å². The molecule has 0 unspecified atom stereocenters. The Morgan fingerprint density at radius 2 is 2.06 bits per heavy atom. The Bertz CT molecular complexity index is 397. The first-order valence-corrected chi connectivity index (χ1v) is 7.26. The SMILES string of the molecule is CN1CCN(CCCc2ccc(C(N)=O)s2)CC1. The standard InChI is InChI=1S/C13H21N3OS/c1-15-7-9-16(10-8-15)6-2-3-11-4-5-12(18-11)13(14)17/h4-5H,2-3,6-10H2,1H3,(H2,14,17). The highest BCUT2D eigenvalue weighted by Crippen LogP contribution is 2.17. The number of amides is 1. The Morgan fingerprint density at radius 1 is 1.33 bits per heavy atom. The monoisotopic (exact) mass is 267 g/mol. The Morgan fingerprint density at radius 3 is 2.67 bits per heavy atom.